The summed E-state index contributed by atoms with van der Waals surface area (Å²) >= 11 is 0. The molecule has 0 aliphatic carbocycles. The molecule has 68 valence electrons. The monoisotopic (exact) mass is 173 g/mol. The van der Waals surface area contributed by atoms with Gasteiger partial charge in [0.25, 0.3) is 0 Å². The largest absolute Gasteiger partial charge is 0.443 e. The summed E-state index contributed by atoms with van der Waals surface area (Å²) in [5.41, 5.74) is 0.329. The molecular formula is C7H11NO4. The van der Waals surface area contributed by atoms with Gasteiger partial charge < -0.3 is 15.2 Å². The van der Waals surface area contributed by atoms with Crippen molar-refractivity contribution in [1.29, 1.82) is 0 Å². The number of hydrogen-bond acceptors (Lipinski definition) is 4. The number of aliphatic hydroxyl groups excluding tert-OH is 1. The number of nitrogens with one attached hydrogen (secondary N) is 1. The van der Waals surface area contributed by atoms with Gasteiger partial charge in [0.05, 0.1) is 0 Å². The number of hydrogen-bond donors (Lipinski definition) is 2. The summed E-state index contributed by atoms with van der Waals surface area (Å²) in [6.45, 7) is 3.97. The van der Waals surface area contributed by atoms with Crippen LogP contribution in [0, 0.1) is 0 Å². The molecule has 0 radical (unpaired) electrons. The first-order chi connectivity index (χ1) is 5.57. The fourth-order valence-corrected chi connectivity index (χ4v) is 0.379. The van der Waals surface area contributed by atoms with Crippen LogP contribution in [0.2, 0.25) is 0 Å². The number of amides is 1. The van der Waals surface area contributed by atoms with Crippen LogP contribution in [0.5, 0.6) is 0 Å². The molecule has 5 heteroatoms. The van der Waals surface area contributed by atoms with Crippen LogP contribution < -0.4 is 5.32 Å². The summed E-state index contributed by atoms with van der Waals surface area (Å²) in [6.07, 6.45) is 0. The smallest absolute Gasteiger partial charge is 0.333 e. The van der Waals surface area contributed by atoms with E-state index in [2.05, 4.69) is 16.6 Å². The first kappa shape index (κ1) is 10.6. The van der Waals surface area contributed by atoms with E-state index in [0.29, 0.717) is 5.57 Å². The summed E-state index contributed by atoms with van der Waals surface area (Å²) in [6, 6.07) is 0. The van der Waals surface area contributed by atoms with E-state index in [-0.39, 0.29) is 12.6 Å². The molecule has 0 saturated carbocycles. The lowest BCUT2D eigenvalue weighted by Gasteiger charge is -2.04. The molecule has 0 heterocycles. The zero-order valence-corrected chi connectivity index (χ0v) is 6.79. The Hall–Kier alpha value is -1.36. The quantitative estimate of drug-likeness (QED) is 0.330. The lowest BCUT2D eigenvalue weighted by Crippen LogP contribution is -2.28. The number of carbonyl (C=O) groups excluding carboxylic acids is 2. The van der Waals surface area contributed by atoms with E-state index >= 15 is 0 Å². The predicted molar refractivity (Wildman–Crippen MR) is 41.0 cm³/mol. The Balaban J connectivity index is 3.50. The van der Waals surface area contributed by atoms with Gasteiger partial charge in [0.1, 0.15) is 6.61 Å². The standard InChI is InChI=1S/C7H11NO4/c1-5(2)7(11)8-4-12-6(10)3-9/h9H,1,3-4H2,2H3,(H,8,11). The molecule has 0 fully saturated rings. The minimum atomic E-state index is -0.781. The van der Waals surface area contributed by atoms with Crippen LogP contribution >= 0.6 is 0 Å². The predicted octanol–water partition coefficient (Wildman–Crippen LogP) is -0.828. The van der Waals surface area contributed by atoms with E-state index in [1.807, 2.05) is 0 Å². The van der Waals surface area contributed by atoms with Crippen LogP contribution in [-0.4, -0.2) is 30.3 Å². The third-order valence-corrected chi connectivity index (χ3v) is 0.983. The van der Waals surface area contributed by atoms with E-state index in [4.69, 9.17) is 5.11 Å². The maximum absolute atomic E-state index is 10.7. The Labute approximate surface area is 70.0 Å². The van der Waals surface area contributed by atoms with Crippen molar-refractivity contribution in [3.63, 3.8) is 0 Å². The number of carbonyl (C=O) groups is 2. The van der Waals surface area contributed by atoms with Gasteiger partial charge in [0.2, 0.25) is 5.91 Å². The topological polar surface area (TPSA) is 75.6 Å². The second kappa shape index (κ2) is 5.31. The Bertz CT molecular complexity index is 200. The molecule has 0 atom stereocenters. The maximum atomic E-state index is 10.7. The fourth-order valence-electron chi connectivity index (χ4n) is 0.379. The SMILES string of the molecule is C=C(C)C(=O)NCOC(=O)CO. The van der Waals surface area contributed by atoms with Crippen LogP contribution in [0.25, 0.3) is 0 Å². The van der Waals surface area contributed by atoms with Crippen molar-refractivity contribution in [2.45, 2.75) is 6.92 Å². The summed E-state index contributed by atoms with van der Waals surface area (Å²) in [7, 11) is 0. The molecule has 0 aromatic heterocycles. The number of aliphatic hydroxyl groups is 1. The molecular weight excluding hydrogens is 162 g/mol. The van der Waals surface area contributed by atoms with E-state index in [0.717, 1.165) is 0 Å². The lowest BCUT2D eigenvalue weighted by molar-refractivity contribution is -0.148. The van der Waals surface area contributed by atoms with Crippen molar-refractivity contribution in [1.82, 2.24) is 5.32 Å². The highest BCUT2D eigenvalue weighted by Gasteiger charge is 2.02. The Kier molecular flexibility index (Phi) is 4.71. The Morgan fingerprint density at radius 1 is 1.58 bits per heavy atom. The fraction of sp³-hybridized carbons (Fsp3) is 0.429. The van der Waals surface area contributed by atoms with Crippen molar-refractivity contribution in [3.8, 4) is 0 Å². The Morgan fingerprint density at radius 3 is 2.58 bits per heavy atom. The summed E-state index contributed by atoms with van der Waals surface area (Å²) < 4.78 is 4.35. The van der Waals surface area contributed by atoms with Crippen LogP contribution in [-0.2, 0) is 14.3 Å². The van der Waals surface area contributed by atoms with Crippen LogP contribution in [0.1, 0.15) is 6.92 Å². The molecule has 0 saturated heterocycles. The van der Waals surface area contributed by atoms with Gasteiger partial charge in [-0.15, -0.1) is 0 Å². The van der Waals surface area contributed by atoms with Gasteiger partial charge in [-0.2, -0.15) is 0 Å². The van der Waals surface area contributed by atoms with Crippen molar-refractivity contribution in [2.75, 3.05) is 13.3 Å². The Morgan fingerprint density at radius 2 is 2.17 bits per heavy atom. The van der Waals surface area contributed by atoms with Crippen molar-refractivity contribution >= 4 is 11.9 Å². The molecule has 0 aliphatic rings. The molecule has 0 aliphatic heterocycles. The summed E-state index contributed by atoms with van der Waals surface area (Å²) in [4.78, 5) is 21.1. The third-order valence-electron chi connectivity index (χ3n) is 0.983. The van der Waals surface area contributed by atoms with Crippen LogP contribution in [0.4, 0.5) is 0 Å². The minimum absolute atomic E-state index is 0.245. The molecule has 0 bridgehead atoms. The van der Waals surface area contributed by atoms with E-state index in [1.165, 1.54) is 6.92 Å². The zero-order valence-electron chi connectivity index (χ0n) is 6.79. The average molecular weight is 173 g/mol. The molecule has 1 amide bonds. The molecule has 2 N–H and O–H groups in total. The van der Waals surface area contributed by atoms with E-state index in [9.17, 15) is 9.59 Å². The zero-order chi connectivity index (χ0) is 9.56. The molecule has 0 rings (SSSR count). The molecule has 12 heavy (non-hydrogen) atoms. The highest BCUT2D eigenvalue weighted by atomic mass is 16.6. The first-order valence-corrected chi connectivity index (χ1v) is 3.28. The molecule has 0 aromatic rings. The van der Waals surface area contributed by atoms with E-state index < -0.39 is 12.6 Å². The average Bonchev–Trinajstić information content (AvgIpc) is 2.03. The van der Waals surface area contributed by atoms with Gasteiger partial charge >= 0.3 is 5.97 Å². The normalized spacial score (nSPS) is 8.83. The highest BCUT2D eigenvalue weighted by Crippen LogP contribution is 1.84. The number of ether oxygens (including phenoxy) is 1. The second-order valence-electron chi connectivity index (χ2n) is 2.11. The van der Waals surface area contributed by atoms with Gasteiger partial charge in [0.15, 0.2) is 6.73 Å². The molecule has 0 aromatic carbocycles. The number of esters is 1. The van der Waals surface area contributed by atoms with Crippen LogP contribution in [0.3, 0.4) is 0 Å². The van der Waals surface area contributed by atoms with Gasteiger partial charge in [-0.05, 0) is 6.92 Å². The first-order valence-electron chi connectivity index (χ1n) is 3.28. The molecule has 0 spiro atoms. The maximum Gasteiger partial charge on any atom is 0.333 e. The summed E-state index contributed by atoms with van der Waals surface area (Å²) in [5, 5.41) is 10.5. The third kappa shape index (κ3) is 4.45. The van der Waals surface area contributed by atoms with Crippen molar-refractivity contribution in [3.05, 3.63) is 12.2 Å². The van der Waals surface area contributed by atoms with Crippen LogP contribution in [0.15, 0.2) is 12.2 Å². The minimum Gasteiger partial charge on any atom is -0.443 e. The molecule has 0 unspecified atom stereocenters. The number of rotatable bonds is 4. The van der Waals surface area contributed by atoms with Crippen molar-refractivity contribution < 1.29 is 19.4 Å². The summed E-state index contributed by atoms with van der Waals surface area (Å²) in [5.74, 6) is -1.17. The van der Waals surface area contributed by atoms with Gasteiger partial charge in [0, 0.05) is 5.57 Å². The van der Waals surface area contributed by atoms with Gasteiger partial charge in [-0.25, -0.2) is 4.79 Å². The lowest BCUT2D eigenvalue weighted by atomic mass is 10.3. The van der Waals surface area contributed by atoms with Crippen molar-refractivity contribution in [2.24, 2.45) is 0 Å². The molecule has 5 nitrogen and oxygen atoms in total. The highest BCUT2D eigenvalue weighted by molar-refractivity contribution is 5.92. The van der Waals surface area contributed by atoms with Gasteiger partial charge in [-0.1, -0.05) is 6.58 Å². The van der Waals surface area contributed by atoms with Gasteiger partial charge in [-0.3, -0.25) is 4.79 Å². The van der Waals surface area contributed by atoms with E-state index in [1.54, 1.807) is 0 Å². The second-order valence-corrected chi connectivity index (χ2v) is 2.11.